The van der Waals surface area contributed by atoms with Crippen molar-refractivity contribution in [2.24, 2.45) is 0 Å². The highest BCUT2D eigenvalue weighted by Gasteiger charge is 2.16. The maximum Gasteiger partial charge on any atom is 0.333 e. The molecule has 0 heterocycles. The quantitative estimate of drug-likeness (QED) is 0.558. The van der Waals surface area contributed by atoms with Gasteiger partial charge in [-0.3, -0.25) is 0 Å². The highest BCUT2D eigenvalue weighted by molar-refractivity contribution is 5.73. The molecule has 0 aliphatic carbocycles. The second-order valence-corrected chi connectivity index (χ2v) is 2.06. The minimum absolute atomic E-state index is 0.0998. The first kappa shape index (κ1) is 10.6. The Hall–Kier alpha value is -1.36. The molecule has 0 aromatic heterocycles. The van der Waals surface area contributed by atoms with Gasteiger partial charge < -0.3 is 14.9 Å². The average Bonchev–Trinajstić information content (AvgIpc) is 1.96. The van der Waals surface area contributed by atoms with Gasteiger partial charge in [-0.05, 0) is 0 Å². The molecule has 0 aliphatic rings. The van der Waals surface area contributed by atoms with Crippen LogP contribution in [0.4, 0.5) is 0 Å². The number of carbonyl (C=O) groups is 2. The van der Waals surface area contributed by atoms with E-state index in [9.17, 15) is 9.59 Å². The molecule has 12 heavy (non-hydrogen) atoms. The summed E-state index contributed by atoms with van der Waals surface area (Å²) in [4.78, 5) is 20.3. The molecule has 5 heteroatoms. The molecule has 0 aliphatic heterocycles. The summed E-state index contributed by atoms with van der Waals surface area (Å²) in [7, 11) is 0. The molecular weight excluding hydrogens is 164 g/mol. The van der Waals surface area contributed by atoms with Crippen LogP contribution in [0.1, 0.15) is 6.42 Å². The van der Waals surface area contributed by atoms with Gasteiger partial charge in [0.2, 0.25) is 0 Å². The lowest BCUT2D eigenvalue weighted by Gasteiger charge is -2.08. The largest absolute Gasteiger partial charge is 0.480 e. The van der Waals surface area contributed by atoms with E-state index in [1.54, 1.807) is 0 Å². The van der Waals surface area contributed by atoms with Crippen molar-refractivity contribution in [3.63, 3.8) is 0 Å². The summed E-state index contributed by atoms with van der Waals surface area (Å²) in [5.41, 5.74) is 0. The summed E-state index contributed by atoms with van der Waals surface area (Å²) in [6, 6.07) is 0. The molecule has 0 rings (SSSR count). The van der Waals surface area contributed by atoms with Crippen molar-refractivity contribution in [3.05, 3.63) is 12.7 Å². The molecule has 0 saturated carbocycles. The van der Waals surface area contributed by atoms with Crippen LogP contribution in [0.5, 0.6) is 0 Å². The predicted molar refractivity (Wildman–Crippen MR) is 39.8 cm³/mol. The molecule has 0 fully saturated rings. The van der Waals surface area contributed by atoms with Crippen LogP contribution in [0.25, 0.3) is 0 Å². The SMILES string of the molecule is C=CCC(OCC(=O)O)C(=O)O. The van der Waals surface area contributed by atoms with Gasteiger partial charge in [-0.2, -0.15) is 0 Å². The molecule has 0 bridgehead atoms. The van der Waals surface area contributed by atoms with Gasteiger partial charge in [0, 0.05) is 6.42 Å². The number of hydrogen-bond donors (Lipinski definition) is 2. The van der Waals surface area contributed by atoms with Crippen LogP contribution in [0, 0.1) is 0 Å². The molecule has 1 unspecified atom stereocenters. The number of rotatable bonds is 6. The van der Waals surface area contributed by atoms with Gasteiger partial charge in [0.05, 0.1) is 0 Å². The molecule has 2 N–H and O–H groups in total. The predicted octanol–water partition coefficient (Wildman–Crippen LogP) is 0.117. The summed E-state index contributed by atoms with van der Waals surface area (Å²) in [5, 5.41) is 16.6. The monoisotopic (exact) mass is 174 g/mol. The molecule has 0 saturated heterocycles. The topological polar surface area (TPSA) is 83.8 Å². The van der Waals surface area contributed by atoms with Crippen molar-refractivity contribution in [1.82, 2.24) is 0 Å². The summed E-state index contributed by atoms with van der Waals surface area (Å²) in [5.74, 6) is -2.37. The van der Waals surface area contributed by atoms with Gasteiger partial charge in [-0.15, -0.1) is 6.58 Å². The second-order valence-electron chi connectivity index (χ2n) is 2.06. The van der Waals surface area contributed by atoms with E-state index in [0.29, 0.717) is 0 Å². The van der Waals surface area contributed by atoms with Crippen molar-refractivity contribution in [2.45, 2.75) is 12.5 Å². The van der Waals surface area contributed by atoms with Crippen LogP contribution in [0.3, 0.4) is 0 Å². The van der Waals surface area contributed by atoms with Crippen LogP contribution in [-0.4, -0.2) is 34.9 Å². The van der Waals surface area contributed by atoms with Crippen LogP contribution in [0.2, 0.25) is 0 Å². The van der Waals surface area contributed by atoms with Gasteiger partial charge >= 0.3 is 11.9 Å². The summed E-state index contributed by atoms with van der Waals surface area (Å²) in [6.07, 6.45) is 0.349. The van der Waals surface area contributed by atoms with Crippen molar-refractivity contribution >= 4 is 11.9 Å². The van der Waals surface area contributed by atoms with E-state index in [-0.39, 0.29) is 6.42 Å². The average molecular weight is 174 g/mol. The molecule has 1 atom stereocenters. The fraction of sp³-hybridized carbons (Fsp3) is 0.429. The van der Waals surface area contributed by atoms with Crippen molar-refractivity contribution in [3.8, 4) is 0 Å². The van der Waals surface area contributed by atoms with Crippen LogP contribution >= 0.6 is 0 Å². The zero-order valence-corrected chi connectivity index (χ0v) is 6.40. The van der Waals surface area contributed by atoms with Gasteiger partial charge in [0.1, 0.15) is 6.61 Å². The fourth-order valence-electron chi connectivity index (χ4n) is 0.563. The lowest BCUT2D eigenvalue weighted by atomic mass is 10.2. The Morgan fingerprint density at radius 1 is 1.50 bits per heavy atom. The number of ether oxygens (including phenoxy) is 1. The summed E-state index contributed by atoms with van der Waals surface area (Å²) in [6.45, 7) is 2.71. The van der Waals surface area contributed by atoms with Gasteiger partial charge in [-0.1, -0.05) is 6.08 Å². The third-order valence-electron chi connectivity index (χ3n) is 1.06. The Morgan fingerprint density at radius 3 is 2.42 bits per heavy atom. The first-order valence-electron chi connectivity index (χ1n) is 3.25. The molecular formula is C7H10O5. The second kappa shape index (κ2) is 5.31. The zero-order valence-electron chi connectivity index (χ0n) is 6.40. The normalized spacial score (nSPS) is 12.0. The Bertz CT molecular complexity index is 186. The van der Waals surface area contributed by atoms with Crippen molar-refractivity contribution in [2.75, 3.05) is 6.61 Å². The number of aliphatic carboxylic acids is 2. The summed E-state index contributed by atoms with van der Waals surface area (Å²) < 4.78 is 4.54. The standard InChI is InChI=1S/C7H10O5/c1-2-3-5(7(10)11)12-4-6(8)9/h2,5H,1,3-4H2,(H,8,9)(H,10,11). The van der Waals surface area contributed by atoms with Gasteiger partial charge in [0.25, 0.3) is 0 Å². The zero-order chi connectivity index (χ0) is 9.56. The first-order chi connectivity index (χ1) is 5.57. The minimum atomic E-state index is -1.19. The lowest BCUT2D eigenvalue weighted by molar-refractivity contribution is -0.155. The molecule has 0 aromatic carbocycles. The highest BCUT2D eigenvalue weighted by atomic mass is 16.5. The molecule has 0 amide bonds. The molecule has 5 nitrogen and oxygen atoms in total. The smallest absolute Gasteiger partial charge is 0.333 e. The van der Waals surface area contributed by atoms with Crippen LogP contribution in [-0.2, 0) is 14.3 Å². The Morgan fingerprint density at radius 2 is 2.08 bits per heavy atom. The van der Waals surface area contributed by atoms with E-state index in [1.165, 1.54) is 6.08 Å². The van der Waals surface area contributed by atoms with E-state index >= 15 is 0 Å². The van der Waals surface area contributed by atoms with Crippen LogP contribution in [0.15, 0.2) is 12.7 Å². The molecule has 0 spiro atoms. The van der Waals surface area contributed by atoms with E-state index in [4.69, 9.17) is 10.2 Å². The molecule has 68 valence electrons. The van der Waals surface area contributed by atoms with E-state index in [2.05, 4.69) is 11.3 Å². The maximum atomic E-state index is 10.3. The van der Waals surface area contributed by atoms with E-state index in [0.717, 1.165) is 0 Å². The Balaban J connectivity index is 3.86. The third kappa shape index (κ3) is 4.45. The van der Waals surface area contributed by atoms with Gasteiger partial charge in [-0.25, -0.2) is 9.59 Å². The Kier molecular flexibility index (Phi) is 4.71. The van der Waals surface area contributed by atoms with Crippen LogP contribution < -0.4 is 0 Å². The van der Waals surface area contributed by atoms with Gasteiger partial charge in [0.15, 0.2) is 6.10 Å². The number of carboxylic acid groups (broad SMARTS) is 2. The number of hydrogen-bond acceptors (Lipinski definition) is 3. The molecule has 0 aromatic rings. The maximum absolute atomic E-state index is 10.3. The van der Waals surface area contributed by atoms with E-state index < -0.39 is 24.6 Å². The minimum Gasteiger partial charge on any atom is -0.480 e. The fourth-order valence-corrected chi connectivity index (χ4v) is 0.563. The first-order valence-corrected chi connectivity index (χ1v) is 3.25. The van der Waals surface area contributed by atoms with Crippen molar-refractivity contribution < 1.29 is 24.5 Å². The van der Waals surface area contributed by atoms with E-state index in [1.807, 2.05) is 0 Å². The molecule has 0 radical (unpaired) electrons. The number of carboxylic acids is 2. The third-order valence-corrected chi connectivity index (χ3v) is 1.06. The highest BCUT2D eigenvalue weighted by Crippen LogP contribution is 1.99. The Labute approximate surface area is 69.3 Å². The van der Waals surface area contributed by atoms with Crippen molar-refractivity contribution in [1.29, 1.82) is 0 Å². The summed E-state index contributed by atoms with van der Waals surface area (Å²) >= 11 is 0. The lowest BCUT2D eigenvalue weighted by Crippen LogP contribution is -2.25.